The van der Waals surface area contributed by atoms with Gasteiger partial charge in [-0.25, -0.2) is 4.79 Å². The molecule has 2 atom stereocenters. The first-order chi connectivity index (χ1) is 10.1. The first kappa shape index (κ1) is 18.1. The summed E-state index contributed by atoms with van der Waals surface area (Å²) in [6, 6.07) is -0.792. The van der Waals surface area contributed by atoms with Gasteiger partial charge in [0.1, 0.15) is 11.6 Å². The summed E-state index contributed by atoms with van der Waals surface area (Å²) >= 11 is 0. The second kappa shape index (κ2) is 6.87. The topological polar surface area (TPSA) is 92.7 Å². The van der Waals surface area contributed by atoms with Crippen LogP contribution in [-0.2, 0) is 19.1 Å². The second-order valence-corrected chi connectivity index (χ2v) is 5.72. The average molecular weight is 309 g/mol. The van der Waals surface area contributed by atoms with Crippen LogP contribution < -0.4 is 5.32 Å². The zero-order chi connectivity index (χ0) is 17.1. The van der Waals surface area contributed by atoms with E-state index in [1.807, 2.05) is 6.92 Å². The molecule has 1 aliphatic carbocycles. The molecule has 22 heavy (non-hydrogen) atoms. The summed E-state index contributed by atoms with van der Waals surface area (Å²) in [5, 5.41) is 12.9. The van der Waals surface area contributed by atoms with Crippen molar-refractivity contribution < 1.29 is 24.2 Å². The van der Waals surface area contributed by atoms with Crippen LogP contribution in [0.2, 0.25) is 0 Å². The van der Waals surface area contributed by atoms with Crippen LogP contribution in [0.5, 0.6) is 0 Å². The van der Waals surface area contributed by atoms with Gasteiger partial charge in [-0.3, -0.25) is 9.59 Å². The van der Waals surface area contributed by atoms with Gasteiger partial charge in [-0.2, -0.15) is 0 Å². The third-order valence-corrected chi connectivity index (χ3v) is 3.86. The molecule has 2 N–H and O–H groups in total. The Morgan fingerprint density at radius 2 is 1.95 bits per heavy atom. The van der Waals surface area contributed by atoms with Gasteiger partial charge in [0.05, 0.1) is 7.11 Å². The summed E-state index contributed by atoms with van der Waals surface area (Å²) in [6.45, 7) is 6.25. The number of aliphatic hydroxyl groups is 1. The monoisotopic (exact) mass is 309 g/mol. The standard InChI is InChI=1S/C16H23NO5/c1-9-7-16(21,11(3)18)8-10(2)13(9)6-14(15(20)22-5)17-12(4)19/h7,14,21H,6,8H2,1-5H3,(H,17,19)/t14-,16?/m0/s1. The highest BCUT2D eigenvalue weighted by Crippen LogP contribution is 2.34. The number of Topliss-reactive ketones (excluding diaryl/α,β-unsaturated/α-hetero) is 1. The molecule has 0 aromatic carbocycles. The Kier molecular flexibility index (Phi) is 5.65. The van der Waals surface area contributed by atoms with Gasteiger partial charge in [0.25, 0.3) is 0 Å². The quantitative estimate of drug-likeness (QED) is 0.740. The summed E-state index contributed by atoms with van der Waals surface area (Å²) in [6.07, 6.45) is 1.96. The maximum atomic E-state index is 11.8. The van der Waals surface area contributed by atoms with Crippen molar-refractivity contribution in [1.29, 1.82) is 0 Å². The SMILES string of the molecule is COC(=O)[C@H](CC1=C(C)CC(O)(C(C)=O)C=C1C)NC(C)=O. The number of ether oxygens (including phenoxy) is 1. The van der Waals surface area contributed by atoms with Crippen LogP contribution in [0.1, 0.15) is 40.5 Å². The van der Waals surface area contributed by atoms with E-state index in [1.165, 1.54) is 27.0 Å². The van der Waals surface area contributed by atoms with Gasteiger partial charge in [-0.15, -0.1) is 0 Å². The second-order valence-electron chi connectivity index (χ2n) is 5.72. The van der Waals surface area contributed by atoms with E-state index in [-0.39, 0.29) is 24.5 Å². The summed E-state index contributed by atoms with van der Waals surface area (Å²) < 4.78 is 4.71. The third kappa shape index (κ3) is 4.04. The number of rotatable bonds is 5. The number of methoxy groups -OCH3 is 1. The first-order valence-corrected chi connectivity index (χ1v) is 7.07. The molecular formula is C16H23NO5. The molecule has 6 heteroatoms. The van der Waals surface area contributed by atoms with E-state index in [1.54, 1.807) is 6.92 Å². The van der Waals surface area contributed by atoms with E-state index < -0.39 is 17.6 Å². The van der Waals surface area contributed by atoms with Crippen molar-refractivity contribution in [3.63, 3.8) is 0 Å². The van der Waals surface area contributed by atoms with Gasteiger partial charge in [0.2, 0.25) is 5.91 Å². The van der Waals surface area contributed by atoms with Crippen LogP contribution in [0.15, 0.2) is 22.8 Å². The molecule has 122 valence electrons. The number of allylic oxidation sites excluding steroid dienone is 1. The molecule has 0 radical (unpaired) electrons. The number of ketones is 1. The van der Waals surface area contributed by atoms with Gasteiger partial charge in [0, 0.05) is 19.8 Å². The maximum Gasteiger partial charge on any atom is 0.328 e. The normalized spacial score (nSPS) is 22.7. The fraction of sp³-hybridized carbons (Fsp3) is 0.562. The summed E-state index contributed by atoms with van der Waals surface area (Å²) in [5.74, 6) is -1.18. The van der Waals surface area contributed by atoms with Crippen LogP contribution in [0.25, 0.3) is 0 Å². The third-order valence-electron chi connectivity index (χ3n) is 3.86. The van der Waals surface area contributed by atoms with Crippen molar-refractivity contribution in [2.24, 2.45) is 0 Å². The average Bonchev–Trinajstić information content (AvgIpc) is 2.39. The number of hydrogen-bond donors (Lipinski definition) is 2. The zero-order valence-corrected chi connectivity index (χ0v) is 13.6. The molecule has 0 aromatic heterocycles. The first-order valence-electron chi connectivity index (χ1n) is 7.07. The predicted octanol–water partition coefficient (Wildman–Crippen LogP) is 1.04. The Hall–Kier alpha value is -1.95. The number of hydrogen-bond acceptors (Lipinski definition) is 5. The van der Waals surface area contributed by atoms with Crippen LogP contribution in [0.4, 0.5) is 0 Å². The molecule has 0 saturated heterocycles. The molecule has 1 amide bonds. The Balaban J connectivity index is 3.05. The zero-order valence-electron chi connectivity index (χ0n) is 13.6. The molecule has 1 rings (SSSR count). The van der Waals surface area contributed by atoms with E-state index in [2.05, 4.69) is 5.32 Å². The van der Waals surface area contributed by atoms with E-state index in [0.29, 0.717) is 0 Å². The highest BCUT2D eigenvalue weighted by atomic mass is 16.5. The summed E-state index contributed by atoms with van der Waals surface area (Å²) in [5.41, 5.74) is 0.889. The van der Waals surface area contributed by atoms with E-state index >= 15 is 0 Å². The molecule has 0 fully saturated rings. The lowest BCUT2D eigenvalue weighted by Crippen LogP contribution is -2.42. The van der Waals surface area contributed by atoms with Crippen LogP contribution in [0.3, 0.4) is 0 Å². The van der Waals surface area contributed by atoms with Gasteiger partial charge in [0.15, 0.2) is 5.78 Å². The minimum atomic E-state index is -1.49. The smallest absolute Gasteiger partial charge is 0.328 e. The van der Waals surface area contributed by atoms with E-state index in [0.717, 1.165) is 16.7 Å². The minimum Gasteiger partial charge on any atom is -0.467 e. The Morgan fingerprint density at radius 3 is 2.36 bits per heavy atom. The lowest BCUT2D eigenvalue weighted by Gasteiger charge is -2.31. The van der Waals surface area contributed by atoms with Crippen LogP contribution >= 0.6 is 0 Å². The molecule has 0 bridgehead atoms. The molecule has 0 heterocycles. The van der Waals surface area contributed by atoms with Crippen molar-refractivity contribution in [3.8, 4) is 0 Å². The maximum absolute atomic E-state index is 11.8. The molecular weight excluding hydrogens is 286 g/mol. The van der Waals surface area contributed by atoms with Crippen LogP contribution in [-0.4, -0.2) is 41.5 Å². The number of nitrogens with one attached hydrogen (secondary N) is 1. The summed E-state index contributed by atoms with van der Waals surface area (Å²) in [4.78, 5) is 34.6. The number of carbonyl (C=O) groups is 3. The highest BCUT2D eigenvalue weighted by Gasteiger charge is 2.35. The molecule has 0 aromatic rings. The molecule has 0 saturated carbocycles. The van der Waals surface area contributed by atoms with E-state index in [9.17, 15) is 19.5 Å². The lowest BCUT2D eigenvalue weighted by molar-refractivity contribution is -0.144. The number of carbonyl (C=O) groups excluding carboxylic acids is 3. The Labute approximate surface area is 130 Å². The minimum absolute atomic E-state index is 0.184. The number of amides is 1. The molecule has 1 unspecified atom stereocenters. The van der Waals surface area contributed by atoms with Crippen molar-refractivity contribution >= 4 is 17.7 Å². The van der Waals surface area contributed by atoms with Crippen molar-refractivity contribution in [3.05, 3.63) is 22.8 Å². The van der Waals surface area contributed by atoms with Crippen molar-refractivity contribution in [2.45, 2.75) is 52.2 Å². The van der Waals surface area contributed by atoms with Gasteiger partial charge in [-0.05, 0) is 38.0 Å². The lowest BCUT2D eigenvalue weighted by atomic mass is 9.79. The summed E-state index contributed by atoms with van der Waals surface area (Å²) in [7, 11) is 1.26. The molecule has 1 aliphatic rings. The van der Waals surface area contributed by atoms with Gasteiger partial charge < -0.3 is 15.2 Å². The molecule has 0 spiro atoms. The van der Waals surface area contributed by atoms with E-state index in [4.69, 9.17) is 4.74 Å². The van der Waals surface area contributed by atoms with Crippen molar-refractivity contribution in [1.82, 2.24) is 5.32 Å². The van der Waals surface area contributed by atoms with Crippen molar-refractivity contribution in [2.75, 3.05) is 7.11 Å². The molecule has 6 nitrogen and oxygen atoms in total. The fourth-order valence-corrected chi connectivity index (χ4v) is 2.69. The predicted molar refractivity (Wildman–Crippen MR) is 80.9 cm³/mol. The Bertz CT molecular complexity index is 561. The largest absolute Gasteiger partial charge is 0.467 e. The van der Waals surface area contributed by atoms with Gasteiger partial charge in [-0.1, -0.05) is 5.57 Å². The molecule has 0 aliphatic heterocycles. The van der Waals surface area contributed by atoms with Gasteiger partial charge >= 0.3 is 5.97 Å². The Morgan fingerprint density at radius 1 is 1.36 bits per heavy atom. The number of esters is 1. The fourth-order valence-electron chi connectivity index (χ4n) is 2.69. The highest BCUT2D eigenvalue weighted by molar-refractivity contribution is 5.88. The van der Waals surface area contributed by atoms with Crippen LogP contribution in [0, 0.1) is 0 Å².